The Bertz CT molecular complexity index is 939. The Morgan fingerprint density at radius 2 is 2.07 bits per heavy atom. The number of sulfone groups is 1. The van der Waals surface area contributed by atoms with Gasteiger partial charge in [0.2, 0.25) is 5.88 Å². The fraction of sp³-hybridized carbons (Fsp3) is 0.368. The van der Waals surface area contributed by atoms with Gasteiger partial charge in [0.15, 0.2) is 15.8 Å². The van der Waals surface area contributed by atoms with E-state index in [0.29, 0.717) is 37.1 Å². The summed E-state index contributed by atoms with van der Waals surface area (Å²) in [5.74, 6) is 1.45. The van der Waals surface area contributed by atoms with Gasteiger partial charge in [0.25, 0.3) is 0 Å². The fourth-order valence-electron chi connectivity index (χ4n) is 2.82. The van der Waals surface area contributed by atoms with Crippen LogP contribution in [-0.4, -0.2) is 43.5 Å². The minimum atomic E-state index is -2.95. The Morgan fingerprint density at radius 3 is 2.72 bits per heavy atom. The van der Waals surface area contributed by atoms with Gasteiger partial charge >= 0.3 is 0 Å². The maximum Gasteiger partial charge on any atom is 0.219 e. The number of halogens is 2. The Kier molecular flexibility index (Phi) is 8.62. The molecule has 0 aliphatic carbocycles. The molecule has 1 aromatic heterocycles. The molecular formula is C19H24FIN4O3S. The Hall–Kier alpha value is -1.95. The van der Waals surface area contributed by atoms with E-state index in [1.54, 1.807) is 12.3 Å². The normalized spacial score (nSPS) is 18.0. The highest BCUT2D eigenvalue weighted by Gasteiger charge is 2.28. The maximum atomic E-state index is 13.0. The van der Waals surface area contributed by atoms with Crippen molar-refractivity contribution in [1.82, 2.24) is 15.6 Å². The lowest BCUT2D eigenvalue weighted by atomic mass is 10.2. The van der Waals surface area contributed by atoms with E-state index in [2.05, 4.69) is 20.6 Å². The average molecular weight is 534 g/mol. The van der Waals surface area contributed by atoms with Crippen molar-refractivity contribution in [3.63, 3.8) is 0 Å². The van der Waals surface area contributed by atoms with Gasteiger partial charge in [-0.05, 0) is 49.2 Å². The third kappa shape index (κ3) is 7.42. The fourth-order valence-corrected chi connectivity index (χ4v) is 4.49. The van der Waals surface area contributed by atoms with Gasteiger partial charge in [-0.3, -0.25) is 0 Å². The first-order chi connectivity index (χ1) is 13.4. The van der Waals surface area contributed by atoms with Crippen molar-refractivity contribution >= 4 is 39.8 Å². The van der Waals surface area contributed by atoms with Gasteiger partial charge in [0.1, 0.15) is 11.6 Å². The topological polar surface area (TPSA) is 92.7 Å². The standard InChI is InChI=1S/C19H23FN4O3S.HI/c1-2-21-19(24-16-8-10-28(25,26)13-16)23-12-14-7-9-22-18(11-14)27-17-5-3-15(20)4-6-17;/h3-7,9,11,16H,2,8,10,12-13H2,1H3,(H2,21,23,24);1H. The van der Waals surface area contributed by atoms with E-state index in [1.165, 1.54) is 24.3 Å². The van der Waals surface area contributed by atoms with E-state index in [0.717, 1.165) is 5.56 Å². The van der Waals surface area contributed by atoms with Crippen LogP contribution in [0.3, 0.4) is 0 Å². The molecule has 7 nitrogen and oxygen atoms in total. The maximum absolute atomic E-state index is 13.0. The van der Waals surface area contributed by atoms with Gasteiger partial charge in [-0.2, -0.15) is 0 Å². The van der Waals surface area contributed by atoms with Crippen LogP contribution in [0.2, 0.25) is 0 Å². The first-order valence-electron chi connectivity index (χ1n) is 9.07. The van der Waals surface area contributed by atoms with Crippen LogP contribution in [0.25, 0.3) is 0 Å². The molecule has 29 heavy (non-hydrogen) atoms. The number of ether oxygens (including phenoxy) is 1. The number of hydrogen-bond donors (Lipinski definition) is 2. The number of benzene rings is 1. The lowest BCUT2D eigenvalue weighted by Crippen LogP contribution is -2.44. The summed E-state index contributed by atoms with van der Waals surface area (Å²) in [6.07, 6.45) is 2.20. The van der Waals surface area contributed by atoms with Crippen molar-refractivity contribution in [3.05, 3.63) is 54.0 Å². The predicted molar refractivity (Wildman–Crippen MR) is 121 cm³/mol. The van der Waals surface area contributed by atoms with Crippen LogP contribution >= 0.6 is 24.0 Å². The van der Waals surface area contributed by atoms with Crippen LogP contribution in [0, 0.1) is 5.82 Å². The van der Waals surface area contributed by atoms with Gasteiger partial charge in [-0.15, -0.1) is 24.0 Å². The Balaban J connectivity index is 0.00000300. The van der Waals surface area contributed by atoms with Crippen LogP contribution in [0.1, 0.15) is 18.9 Å². The summed E-state index contributed by atoms with van der Waals surface area (Å²) in [4.78, 5) is 8.68. The Labute approximate surface area is 187 Å². The number of rotatable bonds is 6. The van der Waals surface area contributed by atoms with Gasteiger partial charge < -0.3 is 15.4 Å². The van der Waals surface area contributed by atoms with Gasteiger partial charge in [-0.1, -0.05) is 0 Å². The molecule has 158 valence electrons. The van der Waals surface area contributed by atoms with E-state index in [9.17, 15) is 12.8 Å². The molecule has 10 heteroatoms. The summed E-state index contributed by atoms with van der Waals surface area (Å²) in [5.41, 5.74) is 0.878. The summed E-state index contributed by atoms with van der Waals surface area (Å²) in [6, 6.07) is 9.16. The van der Waals surface area contributed by atoms with Crippen LogP contribution in [0.4, 0.5) is 4.39 Å². The van der Waals surface area contributed by atoms with E-state index < -0.39 is 9.84 Å². The zero-order chi connectivity index (χ0) is 20.0. The second kappa shape index (κ2) is 10.7. The predicted octanol–water partition coefficient (Wildman–Crippen LogP) is 2.87. The quantitative estimate of drug-likeness (QED) is 0.337. The lowest BCUT2D eigenvalue weighted by Gasteiger charge is -2.15. The molecule has 0 bridgehead atoms. The average Bonchev–Trinajstić information content (AvgIpc) is 3.01. The molecular weight excluding hydrogens is 510 g/mol. The molecule has 1 aliphatic heterocycles. The van der Waals surface area contributed by atoms with Crippen molar-refractivity contribution in [2.24, 2.45) is 4.99 Å². The number of aromatic nitrogens is 1. The zero-order valence-electron chi connectivity index (χ0n) is 16.0. The molecule has 0 radical (unpaired) electrons. The zero-order valence-corrected chi connectivity index (χ0v) is 19.1. The number of hydrogen-bond acceptors (Lipinski definition) is 5. The van der Waals surface area contributed by atoms with Crippen LogP contribution < -0.4 is 15.4 Å². The third-order valence-electron chi connectivity index (χ3n) is 4.17. The third-order valence-corrected chi connectivity index (χ3v) is 5.94. The van der Waals surface area contributed by atoms with Crippen molar-refractivity contribution < 1.29 is 17.5 Å². The molecule has 0 spiro atoms. The molecule has 1 aromatic carbocycles. The second-order valence-electron chi connectivity index (χ2n) is 6.50. The van der Waals surface area contributed by atoms with E-state index in [-0.39, 0.29) is 47.3 Å². The second-order valence-corrected chi connectivity index (χ2v) is 8.73. The first kappa shape index (κ1) is 23.3. The van der Waals surface area contributed by atoms with Crippen LogP contribution in [0.15, 0.2) is 47.6 Å². The molecule has 2 N–H and O–H groups in total. The minimum Gasteiger partial charge on any atom is -0.439 e. The molecule has 0 saturated carbocycles. The van der Waals surface area contributed by atoms with E-state index in [4.69, 9.17) is 4.74 Å². The highest BCUT2D eigenvalue weighted by molar-refractivity contribution is 14.0. The van der Waals surface area contributed by atoms with Crippen molar-refractivity contribution in [2.45, 2.75) is 25.9 Å². The van der Waals surface area contributed by atoms with Gasteiger partial charge in [0.05, 0.1) is 18.1 Å². The highest BCUT2D eigenvalue weighted by atomic mass is 127. The monoisotopic (exact) mass is 534 g/mol. The molecule has 1 unspecified atom stereocenters. The SMILES string of the molecule is CCNC(=NCc1ccnc(Oc2ccc(F)cc2)c1)NC1CCS(=O)(=O)C1.I. The molecule has 1 fully saturated rings. The van der Waals surface area contributed by atoms with Crippen molar-refractivity contribution in [3.8, 4) is 11.6 Å². The van der Waals surface area contributed by atoms with Gasteiger partial charge in [-0.25, -0.2) is 22.8 Å². The number of aliphatic imine (C=N–C) groups is 1. The van der Waals surface area contributed by atoms with Crippen molar-refractivity contribution in [2.75, 3.05) is 18.1 Å². The molecule has 1 aliphatic rings. The van der Waals surface area contributed by atoms with Crippen LogP contribution in [0.5, 0.6) is 11.6 Å². The summed E-state index contributed by atoms with van der Waals surface area (Å²) in [6.45, 7) is 2.99. The number of nitrogens with zero attached hydrogens (tertiary/aromatic N) is 2. The molecule has 3 rings (SSSR count). The first-order valence-corrected chi connectivity index (χ1v) is 10.9. The smallest absolute Gasteiger partial charge is 0.219 e. The summed E-state index contributed by atoms with van der Waals surface area (Å²) in [5, 5.41) is 6.31. The minimum absolute atomic E-state index is 0. The molecule has 1 atom stereocenters. The van der Waals surface area contributed by atoms with E-state index in [1.807, 2.05) is 13.0 Å². The summed E-state index contributed by atoms with van der Waals surface area (Å²) >= 11 is 0. The lowest BCUT2D eigenvalue weighted by molar-refractivity contribution is 0.460. The van der Waals surface area contributed by atoms with Crippen LogP contribution in [-0.2, 0) is 16.4 Å². The molecule has 2 aromatic rings. The molecule has 0 amide bonds. The number of pyridine rings is 1. The summed E-state index contributed by atoms with van der Waals surface area (Å²) in [7, 11) is -2.95. The Morgan fingerprint density at radius 1 is 1.31 bits per heavy atom. The molecule has 2 heterocycles. The number of nitrogens with one attached hydrogen (secondary N) is 2. The number of guanidine groups is 1. The highest BCUT2D eigenvalue weighted by Crippen LogP contribution is 2.20. The summed E-state index contributed by atoms with van der Waals surface area (Å²) < 4.78 is 41.9. The largest absolute Gasteiger partial charge is 0.439 e. The van der Waals surface area contributed by atoms with Crippen molar-refractivity contribution in [1.29, 1.82) is 0 Å². The van der Waals surface area contributed by atoms with Gasteiger partial charge in [0, 0.05) is 24.8 Å². The molecule has 1 saturated heterocycles. The van der Waals surface area contributed by atoms with E-state index >= 15 is 0 Å².